The van der Waals surface area contributed by atoms with Crippen molar-refractivity contribution >= 4 is 33.3 Å². The van der Waals surface area contributed by atoms with E-state index in [1.54, 1.807) is 6.26 Å². The van der Waals surface area contributed by atoms with E-state index < -0.39 is 10.8 Å². The molecule has 2 atom stereocenters. The van der Waals surface area contributed by atoms with E-state index in [0.717, 1.165) is 33.5 Å². The summed E-state index contributed by atoms with van der Waals surface area (Å²) in [5.74, 6) is 0.642. The summed E-state index contributed by atoms with van der Waals surface area (Å²) in [5, 5.41) is 11.0. The lowest BCUT2D eigenvalue weighted by Crippen LogP contribution is -2.03. The van der Waals surface area contributed by atoms with Gasteiger partial charge in [0, 0.05) is 51.5 Å². The minimum Gasteiger partial charge on any atom is -0.361 e. The predicted octanol–water partition coefficient (Wildman–Crippen LogP) is 5.44. The Morgan fingerprint density at radius 2 is 2.08 bits per heavy atom. The Bertz CT molecular complexity index is 1000. The number of hydrogen-bond donors (Lipinski definition) is 1. The average molecular weight is 385 g/mol. The molecule has 1 aromatic heterocycles. The van der Waals surface area contributed by atoms with Gasteiger partial charge in [-0.3, -0.25) is 4.21 Å². The number of fused-ring (bicyclic) bond motifs is 1. The third-order valence-electron chi connectivity index (χ3n) is 4.72. The second kappa shape index (κ2) is 8.07. The summed E-state index contributed by atoms with van der Waals surface area (Å²) in [6, 6.07) is 14.3. The molecular weight excluding hydrogens is 364 g/mol. The van der Waals surface area contributed by atoms with Crippen LogP contribution in [0.3, 0.4) is 0 Å². The monoisotopic (exact) mass is 384 g/mol. The Kier molecular flexibility index (Phi) is 5.80. The number of aromatic amines is 1. The van der Waals surface area contributed by atoms with Gasteiger partial charge >= 0.3 is 0 Å². The molecule has 0 amide bonds. The molecular formula is C21H21ClN2OS. The van der Waals surface area contributed by atoms with E-state index in [1.165, 1.54) is 11.1 Å². The van der Waals surface area contributed by atoms with Crippen LogP contribution in [-0.4, -0.2) is 15.4 Å². The van der Waals surface area contributed by atoms with E-state index in [-0.39, 0.29) is 5.92 Å². The Labute approximate surface area is 161 Å². The molecule has 1 N–H and O–H groups in total. The molecule has 0 saturated carbocycles. The molecule has 0 saturated heterocycles. The molecule has 0 spiro atoms. The van der Waals surface area contributed by atoms with Gasteiger partial charge in [0.25, 0.3) is 0 Å². The summed E-state index contributed by atoms with van der Waals surface area (Å²) in [4.78, 5) is 3.38. The largest absolute Gasteiger partial charge is 0.361 e. The molecule has 26 heavy (non-hydrogen) atoms. The van der Waals surface area contributed by atoms with Crippen LogP contribution in [-0.2, 0) is 16.6 Å². The summed E-state index contributed by atoms with van der Waals surface area (Å²) in [7, 11) is -0.899. The van der Waals surface area contributed by atoms with Crippen molar-refractivity contribution in [3.05, 3.63) is 69.9 Å². The summed E-state index contributed by atoms with van der Waals surface area (Å²) in [6.45, 7) is 2.06. The number of nitrogens with one attached hydrogen (secondary N) is 1. The fourth-order valence-electron chi connectivity index (χ4n) is 3.58. The predicted molar refractivity (Wildman–Crippen MR) is 109 cm³/mol. The third kappa shape index (κ3) is 3.85. The number of rotatable bonds is 6. The van der Waals surface area contributed by atoms with E-state index in [1.807, 2.05) is 30.5 Å². The minimum atomic E-state index is -0.899. The minimum absolute atomic E-state index is 0.114. The van der Waals surface area contributed by atoms with Gasteiger partial charge in [-0.2, -0.15) is 5.26 Å². The Morgan fingerprint density at radius 3 is 2.77 bits per heavy atom. The van der Waals surface area contributed by atoms with Gasteiger partial charge in [-0.15, -0.1) is 0 Å². The molecule has 0 aliphatic heterocycles. The molecule has 0 bridgehead atoms. The third-order valence-corrected chi connectivity index (χ3v) is 5.67. The standard InChI is InChI=1S/C21H21ClN2OS/c1-14-11-16(22)8-9-17(14)18(7-4-10-23)20-12-24-21-15(13-26(2)25)5-3-6-19(20)21/h3,5-6,8-9,11-12,18,24H,4,7,13H2,1-2H3. The van der Waals surface area contributed by atoms with Crippen LogP contribution in [0.15, 0.2) is 42.6 Å². The molecule has 134 valence electrons. The normalized spacial score (nSPS) is 13.5. The van der Waals surface area contributed by atoms with Crippen molar-refractivity contribution in [3.8, 4) is 6.07 Å². The Morgan fingerprint density at radius 1 is 1.27 bits per heavy atom. The van der Waals surface area contributed by atoms with Gasteiger partial charge in [0.2, 0.25) is 0 Å². The fourth-order valence-corrected chi connectivity index (χ4v) is 4.49. The highest BCUT2D eigenvalue weighted by Gasteiger charge is 2.20. The van der Waals surface area contributed by atoms with Crippen LogP contribution < -0.4 is 0 Å². The number of nitrogens with zero attached hydrogens (tertiary/aromatic N) is 1. The molecule has 0 fully saturated rings. The van der Waals surface area contributed by atoms with Crippen molar-refractivity contribution in [2.45, 2.75) is 31.4 Å². The molecule has 1 heterocycles. The second-order valence-electron chi connectivity index (χ2n) is 6.55. The van der Waals surface area contributed by atoms with E-state index in [4.69, 9.17) is 16.9 Å². The molecule has 3 nitrogen and oxygen atoms in total. The first-order valence-electron chi connectivity index (χ1n) is 8.53. The van der Waals surface area contributed by atoms with Gasteiger partial charge in [0.05, 0.1) is 11.8 Å². The Hall–Kier alpha value is -2.09. The number of aryl methyl sites for hydroxylation is 1. The first-order valence-corrected chi connectivity index (χ1v) is 10.6. The van der Waals surface area contributed by atoms with Crippen LogP contribution in [0, 0.1) is 18.3 Å². The van der Waals surface area contributed by atoms with E-state index >= 15 is 0 Å². The lowest BCUT2D eigenvalue weighted by atomic mass is 9.85. The van der Waals surface area contributed by atoms with Gasteiger partial charge in [-0.25, -0.2) is 0 Å². The van der Waals surface area contributed by atoms with Gasteiger partial charge < -0.3 is 4.98 Å². The number of benzene rings is 2. The van der Waals surface area contributed by atoms with Gasteiger partial charge in [-0.05, 0) is 47.7 Å². The maximum absolute atomic E-state index is 11.7. The SMILES string of the molecule is Cc1cc(Cl)ccc1C(CCC#N)c1c[nH]c2c(CS(C)=O)cccc12. The zero-order valence-corrected chi connectivity index (χ0v) is 16.5. The van der Waals surface area contributed by atoms with Crippen molar-refractivity contribution in [3.63, 3.8) is 0 Å². The summed E-state index contributed by atoms with van der Waals surface area (Å²) in [6.07, 6.45) is 4.98. The van der Waals surface area contributed by atoms with Crippen LogP contribution in [0.5, 0.6) is 0 Å². The summed E-state index contributed by atoms with van der Waals surface area (Å²) in [5.41, 5.74) is 5.58. The summed E-state index contributed by atoms with van der Waals surface area (Å²) < 4.78 is 11.7. The van der Waals surface area contributed by atoms with Gasteiger partial charge in [-0.1, -0.05) is 35.9 Å². The van der Waals surface area contributed by atoms with Crippen LogP contribution in [0.4, 0.5) is 0 Å². The number of para-hydroxylation sites is 1. The van der Waals surface area contributed by atoms with E-state index in [0.29, 0.717) is 12.2 Å². The van der Waals surface area contributed by atoms with Crippen molar-refractivity contribution in [1.29, 1.82) is 5.26 Å². The number of hydrogen-bond acceptors (Lipinski definition) is 2. The maximum atomic E-state index is 11.7. The van der Waals surface area contributed by atoms with Crippen molar-refractivity contribution in [1.82, 2.24) is 4.98 Å². The highest BCUT2D eigenvalue weighted by Crippen LogP contribution is 2.37. The lowest BCUT2D eigenvalue weighted by Gasteiger charge is -2.19. The van der Waals surface area contributed by atoms with Gasteiger partial charge in [0.1, 0.15) is 0 Å². The molecule has 2 aromatic carbocycles. The highest BCUT2D eigenvalue weighted by molar-refractivity contribution is 7.83. The molecule has 0 aliphatic rings. The summed E-state index contributed by atoms with van der Waals surface area (Å²) >= 11 is 6.13. The fraction of sp³-hybridized carbons (Fsp3) is 0.286. The molecule has 0 aliphatic carbocycles. The number of halogens is 1. The maximum Gasteiger partial charge on any atom is 0.0622 e. The van der Waals surface area contributed by atoms with Crippen LogP contribution in [0.1, 0.15) is 41.0 Å². The lowest BCUT2D eigenvalue weighted by molar-refractivity contribution is 0.686. The first-order chi connectivity index (χ1) is 12.5. The average Bonchev–Trinajstić information content (AvgIpc) is 3.01. The van der Waals surface area contributed by atoms with Crippen LogP contribution >= 0.6 is 11.6 Å². The van der Waals surface area contributed by atoms with Crippen molar-refractivity contribution in [2.75, 3.05) is 6.26 Å². The molecule has 3 aromatic rings. The topological polar surface area (TPSA) is 56.6 Å². The van der Waals surface area contributed by atoms with Crippen LogP contribution in [0.25, 0.3) is 10.9 Å². The quantitative estimate of drug-likeness (QED) is 0.614. The second-order valence-corrected chi connectivity index (χ2v) is 8.42. The smallest absolute Gasteiger partial charge is 0.0622 e. The zero-order chi connectivity index (χ0) is 18.7. The van der Waals surface area contributed by atoms with E-state index in [9.17, 15) is 4.21 Å². The van der Waals surface area contributed by atoms with E-state index in [2.05, 4.69) is 30.1 Å². The Balaban J connectivity index is 2.13. The van der Waals surface area contributed by atoms with Gasteiger partial charge in [0.15, 0.2) is 0 Å². The highest BCUT2D eigenvalue weighted by atomic mass is 35.5. The number of H-pyrrole nitrogens is 1. The first kappa shape index (κ1) is 18.7. The molecule has 2 unspecified atom stereocenters. The molecule has 3 rings (SSSR count). The number of nitriles is 1. The van der Waals surface area contributed by atoms with Crippen LogP contribution in [0.2, 0.25) is 5.02 Å². The molecule has 0 radical (unpaired) electrons. The van der Waals surface area contributed by atoms with Crippen molar-refractivity contribution < 1.29 is 4.21 Å². The zero-order valence-electron chi connectivity index (χ0n) is 14.9. The number of aromatic nitrogens is 1. The molecule has 5 heteroatoms. The van der Waals surface area contributed by atoms with Crippen molar-refractivity contribution in [2.24, 2.45) is 0 Å².